The molecule has 3 rings (SSSR count). The predicted molar refractivity (Wildman–Crippen MR) is 96.5 cm³/mol. The van der Waals surface area contributed by atoms with Crippen LogP contribution in [0.3, 0.4) is 0 Å². The maximum absolute atomic E-state index is 13.9. The van der Waals surface area contributed by atoms with Crippen LogP contribution in [0.4, 0.5) is 4.39 Å². The topological polar surface area (TPSA) is 86.7 Å². The van der Waals surface area contributed by atoms with E-state index in [0.717, 1.165) is 12.8 Å². The molecule has 146 valence electrons. The molecule has 0 bridgehead atoms. The van der Waals surface area contributed by atoms with Gasteiger partial charge in [0.05, 0.1) is 11.0 Å². The average Bonchev–Trinajstić information content (AvgIpc) is 3.17. The van der Waals surface area contributed by atoms with Gasteiger partial charge in [0, 0.05) is 13.1 Å². The number of nitrogens with zero attached hydrogens (tertiary/aromatic N) is 1. The first kappa shape index (κ1) is 19.3. The summed E-state index contributed by atoms with van der Waals surface area (Å²) >= 11 is 0. The SMILES string of the molecule is CC(C)C(NC(=O)c1ccccc1F)C(=O)N1C[C@@H]2CCC[C@@]2(C(=O)O)C1. The van der Waals surface area contributed by atoms with Gasteiger partial charge < -0.3 is 15.3 Å². The molecule has 0 radical (unpaired) electrons. The second-order valence-electron chi connectivity index (χ2n) is 7.94. The number of halogens is 1. The molecule has 2 N–H and O–H groups in total. The minimum atomic E-state index is -0.868. The van der Waals surface area contributed by atoms with E-state index in [0.29, 0.717) is 13.0 Å². The van der Waals surface area contributed by atoms with Crippen LogP contribution in [-0.2, 0) is 9.59 Å². The molecule has 7 heteroatoms. The molecule has 0 spiro atoms. The van der Waals surface area contributed by atoms with Gasteiger partial charge in [0.1, 0.15) is 11.9 Å². The lowest BCUT2D eigenvalue weighted by Gasteiger charge is -2.28. The fourth-order valence-electron chi connectivity index (χ4n) is 4.38. The van der Waals surface area contributed by atoms with Gasteiger partial charge in [-0.15, -0.1) is 0 Å². The van der Waals surface area contributed by atoms with E-state index in [1.807, 2.05) is 0 Å². The zero-order valence-corrected chi connectivity index (χ0v) is 15.6. The fourth-order valence-corrected chi connectivity index (χ4v) is 4.38. The van der Waals surface area contributed by atoms with Crippen molar-refractivity contribution in [1.82, 2.24) is 10.2 Å². The lowest BCUT2D eigenvalue weighted by atomic mass is 9.81. The normalized spacial score (nSPS) is 25.3. The number of hydrogen-bond acceptors (Lipinski definition) is 3. The number of likely N-dealkylation sites (tertiary alicyclic amines) is 1. The van der Waals surface area contributed by atoms with Crippen LogP contribution in [0.25, 0.3) is 0 Å². The van der Waals surface area contributed by atoms with Gasteiger partial charge in [0.15, 0.2) is 0 Å². The van der Waals surface area contributed by atoms with Crippen molar-refractivity contribution in [3.05, 3.63) is 35.6 Å². The first-order valence-corrected chi connectivity index (χ1v) is 9.34. The highest BCUT2D eigenvalue weighted by Crippen LogP contribution is 2.49. The number of rotatable bonds is 5. The Kier molecular flexibility index (Phi) is 5.22. The molecule has 1 saturated carbocycles. The molecule has 1 aliphatic carbocycles. The smallest absolute Gasteiger partial charge is 0.311 e. The second-order valence-corrected chi connectivity index (χ2v) is 7.94. The van der Waals surface area contributed by atoms with E-state index in [1.165, 1.54) is 18.2 Å². The highest BCUT2D eigenvalue weighted by atomic mass is 19.1. The van der Waals surface area contributed by atoms with Gasteiger partial charge in [-0.25, -0.2) is 4.39 Å². The van der Waals surface area contributed by atoms with Gasteiger partial charge in [-0.3, -0.25) is 14.4 Å². The van der Waals surface area contributed by atoms with E-state index in [4.69, 9.17) is 0 Å². The van der Waals surface area contributed by atoms with Gasteiger partial charge >= 0.3 is 5.97 Å². The van der Waals surface area contributed by atoms with Crippen LogP contribution in [0.5, 0.6) is 0 Å². The van der Waals surface area contributed by atoms with Gasteiger partial charge in [0.2, 0.25) is 5.91 Å². The zero-order chi connectivity index (χ0) is 19.8. The van der Waals surface area contributed by atoms with Crippen molar-refractivity contribution in [3.8, 4) is 0 Å². The summed E-state index contributed by atoms with van der Waals surface area (Å²) in [5, 5.41) is 12.3. The standard InChI is InChI=1S/C20H25FN2O4/c1-12(2)16(22-17(24)14-7-3-4-8-15(14)21)18(25)23-10-13-6-5-9-20(13,11-23)19(26)27/h3-4,7-8,12-13,16H,5-6,9-11H2,1-2H3,(H,22,24)(H,26,27)/t13-,16?,20+/m0/s1. The molecular formula is C20H25FN2O4. The molecule has 6 nitrogen and oxygen atoms in total. The molecule has 2 aliphatic rings. The van der Waals surface area contributed by atoms with Crippen LogP contribution in [0.2, 0.25) is 0 Å². The van der Waals surface area contributed by atoms with E-state index >= 15 is 0 Å². The molecule has 2 amide bonds. The molecule has 27 heavy (non-hydrogen) atoms. The number of aliphatic carboxylic acids is 1. The molecule has 2 fully saturated rings. The molecule has 1 aliphatic heterocycles. The van der Waals surface area contributed by atoms with Gasteiger partial charge in [-0.1, -0.05) is 32.4 Å². The summed E-state index contributed by atoms with van der Waals surface area (Å²) < 4.78 is 13.9. The van der Waals surface area contributed by atoms with Crippen LogP contribution < -0.4 is 5.32 Å². The third-order valence-corrected chi connectivity index (χ3v) is 5.95. The highest BCUT2D eigenvalue weighted by Gasteiger charge is 2.56. The minimum absolute atomic E-state index is 0.0472. The summed E-state index contributed by atoms with van der Waals surface area (Å²) in [7, 11) is 0. The quantitative estimate of drug-likeness (QED) is 0.826. The van der Waals surface area contributed by atoms with Gasteiger partial charge in [-0.2, -0.15) is 0 Å². The number of carboxylic acids is 1. The van der Waals surface area contributed by atoms with Gasteiger partial charge in [-0.05, 0) is 36.8 Å². The first-order chi connectivity index (χ1) is 12.8. The van der Waals surface area contributed by atoms with E-state index in [9.17, 15) is 23.9 Å². The monoisotopic (exact) mass is 376 g/mol. The third kappa shape index (κ3) is 3.42. The van der Waals surface area contributed by atoms with Crippen molar-refractivity contribution < 1.29 is 23.9 Å². The van der Waals surface area contributed by atoms with E-state index in [2.05, 4.69) is 5.32 Å². The number of nitrogens with one attached hydrogen (secondary N) is 1. The summed E-state index contributed by atoms with van der Waals surface area (Å²) in [6.45, 7) is 4.16. The lowest BCUT2D eigenvalue weighted by Crippen LogP contribution is -2.51. The van der Waals surface area contributed by atoms with E-state index in [-0.39, 0.29) is 29.9 Å². The Hall–Kier alpha value is -2.44. The molecule has 1 saturated heterocycles. The maximum Gasteiger partial charge on any atom is 0.311 e. The van der Waals surface area contributed by atoms with Crippen molar-refractivity contribution in [2.45, 2.75) is 39.2 Å². The second kappa shape index (κ2) is 7.29. The molecule has 1 heterocycles. The first-order valence-electron chi connectivity index (χ1n) is 9.34. The zero-order valence-electron chi connectivity index (χ0n) is 15.6. The average molecular weight is 376 g/mol. The number of carbonyl (C=O) groups is 3. The Balaban J connectivity index is 1.76. The molecular weight excluding hydrogens is 351 g/mol. The van der Waals surface area contributed by atoms with Crippen molar-refractivity contribution in [3.63, 3.8) is 0 Å². The Morgan fingerprint density at radius 1 is 1.30 bits per heavy atom. The lowest BCUT2D eigenvalue weighted by molar-refractivity contribution is -0.149. The van der Waals surface area contributed by atoms with Crippen molar-refractivity contribution in [1.29, 1.82) is 0 Å². The summed E-state index contributed by atoms with van der Waals surface area (Å²) in [5.41, 5.74) is -0.983. The number of amides is 2. The Morgan fingerprint density at radius 2 is 2.00 bits per heavy atom. The molecule has 0 aromatic heterocycles. The van der Waals surface area contributed by atoms with Crippen molar-refractivity contribution >= 4 is 17.8 Å². The third-order valence-electron chi connectivity index (χ3n) is 5.95. The van der Waals surface area contributed by atoms with Crippen LogP contribution >= 0.6 is 0 Å². The number of hydrogen-bond donors (Lipinski definition) is 2. The number of carbonyl (C=O) groups excluding carboxylic acids is 2. The van der Waals surface area contributed by atoms with Crippen LogP contribution in [0, 0.1) is 23.1 Å². The number of benzene rings is 1. The van der Waals surface area contributed by atoms with Crippen LogP contribution in [-0.4, -0.2) is 46.9 Å². The fraction of sp³-hybridized carbons (Fsp3) is 0.550. The van der Waals surface area contributed by atoms with Crippen LogP contribution in [0.15, 0.2) is 24.3 Å². The van der Waals surface area contributed by atoms with Crippen molar-refractivity contribution in [2.75, 3.05) is 13.1 Å². The minimum Gasteiger partial charge on any atom is -0.481 e. The highest BCUT2D eigenvalue weighted by molar-refractivity contribution is 5.98. The summed E-state index contributed by atoms with van der Waals surface area (Å²) in [4.78, 5) is 38.9. The largest absolute Gasteiger partial charge is 0.481 e. The molecule has 3 atom stereocenters. The summed E-state index contributed by atoms with van der Waals surface area (Å²) in [6, 6.07) is 4.78. The van der Waals surface area contributed by atoms with E-state index < -0.39 is 29.2 Å². The predicted octanol–water partition coefficient (Wildman–Crippen LogP) is 2.29. The number of carboxylic acid groups (broad SMARTS) is 1. The van der Waals surface area contributed by atoms with Gasteiger partial charge in [0.25, 0.3) is 5.91 Å². The molecule has 1 aromatic carbocycles. The summed E-state index contributed by atoms with van der Waals surface area (Å²) in [6.07, 6.45) is 2.23. The Morgan fingerprint density at radius 3 is 2.59 bits per heavy atom. The Bertz CT molecular complexity index is 766. The Labute approximate surface area is 157 Å². The maximum atomic E-state index is 13.9. The van der Waals surface area contributed by atoms with Crippen LogP contribution in [0.1, 0.15) is 43.5 Å². The van der Waals surface area contributed by atoms with Crippen molar-refractivity contribution in [2.24, 2.45) is 17.3 Å². The summed E-state index contributed by atoms with van der Waals surface area (Å²) in [5.74, 6) is -2.71. The van der Waals surface area contributed by atoms with E-state index in [1.54, 1.807) is 24.8 Å². The molecule has 1 aromatic rings. The number of fused-ring (bicyclic) bond motifs is 1. The molecule has 1 unspecified atom stereocenters.